The maximum absolute atomic E-state index is 3.69. The van der Waals surface area contributed by atoms with Gasteiger partial charge in [-0.25, -0.2) is 0 Å². The summed E-state index contributed by atoms with van der Waals surface area (Å²) in [5.41, 5.74) is 0. The van der Waals surface area contributed by atoms with Gasteiger partial charge in [0, 0.05) is 24.7 Å². The van der Waals surface area contributed by atoms with Crippen molar-refractivity contribution in [2.24, 2.45) is 11.8 Å². The summed E-state index contributed by atoms with van der Waals surface area (Å²) in [7, 11) is 0. The summed E-state index contributed by atoms with van der Waals surface area (Å²) in [5, 5.41) is 3.69. The first-order chi connectivity index (χ1) is 9.15. The maximum atomic E-state index is 3.69. The third kappa shape index (κ3) is 3.52. The Morgan fingerprint density at radius 2 is 1.74 bits per heavy atom. The van der Waals surface area contributed by atoms with Crippen molar-refractivity contribution in [1.82, 2.24) is 10.2 Å². The molecule has 5 unspecified atom stereocenters. The van der Waals surface area contributed by atoms with E-state index in [0.29, 0.717) is 0 Å². The van der Waals surface area contributed by atoms with Gasteiger partial charge in [-0.1, -0.05) is 40.0 Å². The molecule has 2 rings (SSSR count). The van der Waals surface area contributed by atoms with Crippen molar-refractivity contribution in [3.8, 4) is 0 Å². The molecule has 1 aliphatic heterocycles. The largest absolute Gasteiger partial charge is 0.314 e. The zero-order chi connectivity index (χ0) is 13.8. The minimum atomic E-state index is 0.734. The van der Waals surface area contributed by atoms with Gasteiger partial charge in [-0.3, -0.25) is 4.90 Å². The highest BCUT2D eigenvalue weighted by Gasteiger charge is 2.37. The van der Waals surface area contributed by atoms with Gasteiger partial charge < -0.3 is 5.32 Å². The van der Waals surface area contributed by atoms with E-state index in [9.17, 15) is 0 Å². The summed E-state index contributed by atoms with van der Waals surface area (Å²) >= 11 is 0. The maximum Gasteiger partial charge on any atom is 0.0124 e. The van der Waals surface area contributed by atoms with Gasteiger partial charge in [-0.05, 0) is 44.6 Å². The van der Waals surface area contributed by atoms with Gasteiger partial charge in [0.1, 0.15) is 0 Å². The predicted octanol–water partition coefficient (Wildman–Crippen LogP) is 3.66. The molecule has 1 saturated carbocycles. The number of rotatable bonds is 3. The molecular weight excluding hydrogens is 232 g/mol. The topological polar surface area (TPSA) is 15.3 Å². The van der Waals surface area contributed by atoms with E-state index in [1.165, 1.54) is 45.1 Å². The molecule has 2 aliphatic rings. The van der Waals surface area contributed by atoms with Crippen LogP contribution >= 0.6 is 0 Å². The summed E-state index contributed by atoms with van der Waals surface area (Å²) in [5.74, 6) is 1.68. The number of nitrogens with zero attached hydrogens (tertiary/aromatic N) is 1. The highest BCUT2D eigenvalue weighted by Crippen LogP contribution is 2.33. The Labute approximate surface area is 120 Å². The number of likely N-dealkylation sites (tertiary alicyclic amines) is 1. The minimum absolute atomic E-state index is 0.734. The molecule has 0 aromatic heterocycles. The van der Waals surface area contributed by atoms with E-state index in [1.54, 1.807) is 0 Å². The van der Waals surface area contributed by atoms with Crippen LogP contribution in [0.3, 0.4) is 0 Å². The summed E-state index contributed by atoms with van der Waals surface area (Å²) in [6.07, 6.45) is 8.57. The van der Waals surface area contributed by atoms with Crippen LogP contribution in [0.2, 0.25) is 0 Å². The minimum Gasteiger partial charge on any atom is -0.314 e. The lowest BCUT2D eigenvalue weighted by molar-refractivity contribution is 0.0234. The molecule has 1 N–H and O–H groups in total. The van der Waals surface area contributed by atoms with Crippen LogP contribution in [0.1, 0.15) is 66.2 Å². The van der Waals surface area contributed by atoms with Crippen LogP contribution in [0, 0.1) is 11.8 Å². The van der Waals surface area contributed by atoms with Crippen molar-refractivity contribution >= 4 is 0 Å². The Kier molecular flexibility index (Phi) is 5.70. The van der Waals surface area contributed by atoms with E-state index < -0.39 is 0 Å². The predicted molar refractivity (Wildman–Crippen MR) is 83.5 cm³/mol. The average molecular weight is 266 g/mol. The lowest BCUT2D eigenvalue weighted by Gasteiger charge is -2.48. The molecule has 2 nitrogen and oxygen atoms in total. The van der Waals surface area contributed by atoms with Crippen molar-refractivity contribution in [3.63, 3.8) is 0 Å². The van der Waals surface area contributed by atoms with Crippen molar-refractivity contribution in [2.45, 2.75) is 84.3 Å². The van der Waals surface area contributed by atoms with Gasteiger partial charge in [0.05, 0.1) is 0 Å². The fourth-order valence-corrected chi connectivity index (χ4v) is 4.38. The third-order valence-corrected chi connectivity index (χ3v) is 5.83. The van der Waals surface area contributed by atoms with Crippen molar-refractivity contribution < 1.29 is 0 Å². The van der Waals surface area contributed by atoms with Crippen molar-refractivity contribution in [2.75, 3.05) is 13.1 Å². The second-order valence-corrected chi connectivity index (χ2v) is 6.97. The molecule has 0 radical (unpaired) electrons. The highest BCUT2D eigenvalue weighted by atomic mass is 15.2. The molecule has 1 saturated heterocycles. The second kappa shape index (κ2) is 7.08. The normalized spacial score (nSPS) is 42.0. The molecule has 0 aromatic rings. The van der Waals surface area contributed by atoms with E-state index in [-0.39, 0.29) is 0 Å². The molecule has 0 aromatic carbocycles. The number of nitrogens with one attached hydrogen (secondary N) is 1. The Hall–Kier alpha value is -0.0800. The molecule has 1 heterocycles. The van der Waals surface area contributed by atoms with Gasteiger partial charge in [0.25, 0.3) is 0 Å². The number of hydrogen-bond donors (Lipinski definition) is 1. The number of hydrogen-bond acceptors (Lipinski definition) is 2. The lowest BCUT2D eigenvalue weighted by atomic mass is 9.83. The van der Waals surface area contributed by atoms with Crippen molar-refractivity contribution in [1.29, 1.82) is 0 Å². The fraction of sp³-hybridized carbons (Fsp3) is 1.00. The first-order valence-electron chi connectivity index (χ1n) is 8.64. The van der Waals surface area contributed by atoms with Crippen LogP contribution in [-0.2, 0) is 0 Å². The molecular formula is C17H34N2. The van der Waals surface area contributed by atoms with E-state index in [0.717, 1.165) is 36.5 Å². The summed E-state index contributed by atoms with van der Waals surface area (Å²) in [6, 6.07) is 2.32. The molecule has 0 bridgehead atoms. The van der Waals surface area contributed by atoms with Crippen molar-refractivity contribution in [3.05, 3.63) is 0 Å². The van der Waals surface area contributed by atoms with Crippen LogP contribution in [0.4, 0.5) is 0 Å². The van der Waals surface area contributed by atoms with Crippen LogP contribution in [0.5, 0.6) is 0 Å². The number of piperidine rings is 1. The first-order valence-corrected chi connectivity index (χ1v) is 8.64. The van der Waals surface area contributed by atoms with Crippen LogP contribution in [0.25, 0.3) is 0 Å². The molecule has 2 fully saturated rings. The molecule has 19 heavy (non-hydrogen) atoms. The van der Waals surface area contributed by atoms with E-state index >= 15 is 0 Å². The summed E-state index contributed by atoms with van der Waals surface area (Å²) < 4.78 is 0. The lowest BCUT2D eigenvalue weighted by Crippen LogP contribution is -2.57. The second-order valence-electron chi connectivity index (χ2n) is 6.97. The van der Waals surface area contributed by atoms with Gasteiger partial charge in [-0.15, -0.1) is 0 Å². The SMILES string of the molecule is CCNC1CCN(C2CCCCCC2C)C(C)C1C. The molecule has 112 valence electrons. The zero-order valence-electron chi connectivity index (χ0n) is 13.5. The Balaban J connectivity index is 2.00. The van der Waals surface area contributed by atoms with Gasteiger partial charge in [-0.2, -0.15) is 0 Å². The first kappa shape index (κ1) is 15.3. The highest BCUT2D eigenvalue weighted by molar-refractivity contribution is 4.93. The Morgan fingerprint density at radius 3 is 2.47 bits per heavy atom. The molecule has 0 spiro atoms. The molecule has 1 aliphatic carbocycles. The van der Waals surface area contributed by atoms with Crippen LogP contribution in [-0.4, -0.2) is 36.1 Å². The average Bonchev–Trinajstić information content (AvgIpc) is 2.61. The standard InChI is InChI=1S/C17H34N2/c1-5-18-16-11-12-19(15(4)14(16)3)17-10-8-6-7-9-13(17)2/h13-18H,5-12H2,1-4H3. The third-order valence-electron chi connectivity index (χ3n) is 5.83. The molecule has 2 heteroatoms. The molecule has 5 atom stereocenters. The van der Waals surface area contributed by atoms with Gasteiger partial charge in [0.15, 0.2) is 0 Å². The van der Waals surface area contributed by atoms with E-state index in [2.05, 4.69) is 37.9 Å². The Bertz CT molecular complexity index is 266. The smallest absolute Gasteiger partial charge is 0.0124 e. The fourth-order valence-electron chi connectivity index (χ4n) is 4.38. The van der Waals surface area contributed by atoms with E-state index in [4.69, 9.17) is 0 Å². The monoisotopic (exact) mass is 266 g/mol. The van der Waals surface area contributed by atoms with Gasteiger partial charge in [0.2, 0.25) is 0 Å². The summed E-state index contributed by atoms with van der Waals surface area (Å²) in [4.78, 5) is 2.86. The van der Waals surface area contributed by atoms with E-state index in [1.807, 2.05) is 0 Å². The molecule has 0 amide bonds. The van der Waals surface area contributed by atoms with Gasteiger partial charge >= 0.3 is 0 Å². The van der Waals surface area contributed by atoms with Crippen LogP contribution in [0.15, 0.2) is 0 Å². The van der Waals surface area contributed by atoms with Crippen LogP contribution < -0.4 is 5.32 Å². The quantitative estimate of drug-likeness (QED) is 0.784. The zero-order valence-corrected chi connectivity index (χ0v) is 13.5. The Morgan fingerprint density at radius 1 is 1.00 bits per heavy atom. The summed E-state index contributed by atoms with van der Waals surface area (Å²) in [6.45, 7) is 12.1.